The second-order valence-corrected chi connectivity index (χ2v) is 7.42. The number of likely N-dealkylation sites (tertiary alicyclic amines) is 1. The number of anilines is 1. The van der Waals surface area contributed by atoms with E-state index in [1.165, 1.54) is 12.8 Å². The van der Waals surface area contributed by atoms with Crippen LogP contribution in [0.15, 0.2) is 22.9 Å². The molecule has 0 atom stereocenters. The number of carbonyl (C=O) groups is 1. The van der Waals surface area contributed by atoms with Gasteiger partial charge < -0.3 is 23.8 Å². The zero-order valence-corrected chi connectivity index (χ0v) is 15.7. The molecule has 0 saturated carbocycles. The van der Waals surface area contributed by atoms with Crippen molar-refractivity contribution in [2.45, 2.75) is 31.5 Å². The monoisotopic (exact) mass is 385 g/mol. The maximum atomic E-state index is 12.8. The van der Waals surface area contributed by atoms with Crippen molar-refractivity contribution in [3.63, 3.8) is 0 Å². The Kier molecular flexibility index (Phi) is 4.48. The van der Waals surface area contributed by atoms with Crippen LogP contribution in [-0.4, -0.2) is 71.1 Å². The molecule has 0 radical (unpaired) electrons. The molecule has 1 amide bonds. The number of piperidine rings is 1. The number of ether oxygens (including phenoxy) is 2. The summed E-state index contributed by atoms with van der Waals surface area (Å²) in [4.78, 5) is 25.5. The van der Waals surface area contributed by atoms with Gasteiger partial charge in [-0.1, -0.05) is 5.16 Å². The van der Waals surface area contributed by atoms with Gasteiger partial charge in [-0.05, 0) is 25.0 Å². The van der Waals surface area contributed by atoms with Gasteiger partial charge in [0.05, 0.1) is 13.2 Å². The van der Waals surface area contributed by atoms with Crippen LogP contribution in [-0.2, 0) is 9.47 Å². The Morgan fingerprint density at radius 3 is 2.57 bits per heavy atom. The molecule has 0 aromatic carbocycles. The van der Waals surface area contributed by atoms with E-state index in [2.05, 4.69) is 20.0 Å². The Morgan fingerprint density at radius 2 is 1.82 bits per heavy atom. The number of amides is 1. The summed E-state index contributed by atoms with van der Waals surface area (Å²) >= 11 is 0. The second kappa shape index (κ2) is 7.14. The van der Waals surface area contributed by atoms with Gasteiger partial charge in [-0.25, -0.2) is 4.98 Å². The van der Waals surface area contributed by atoms with Crippen LogP contribution >= 0.6 is 0 Å². The summed E-state index contributed by atoms with van der Waals surface area (Å²) in [5, 5.41) is 4.01. The molecule has 28 heavy (non-hydrogen) atoms. The first-order valence-corrected chi connectivity index (χ1v) is 9.85. The Bertz CT molecular complexity index is 848. The summed E-state index contributed by atoms with van der Waals surface area (Å²) in [6.07, 6.45) is 5.42. The third-order valence-electron chi connectivity index (χ3n) is 5.67. The lowest BCUT2D eigenvalue weighted by Crippen LogP contribution is -2.47. The molecule has 3 aliphatic heterocycles. The molecule has 9 heteroatoms. The lowest BCUT2D eigenvalue weighted by Gasteiger charge is -2.36. The van der Waals surface area contributed by atoms with Crippen LogP contribution < -0.4 is 4.90 Å². The van der Waals surface area contributed by atoms with E-state index in [0.717, 1.165) is 24.5 Å². The molecule has 5 rings (SSSR count). The predicted octanol–water partition coefficient (Wildman–Crippen LogP) is 1.71. The van der Waals surface area contributed by atoms with Gasteiger partial charge in [0.2, 0.25) is 5.82 Å². The Labute approximate surface area is 162 Å². The van der Waals surface area contributed by atoms with Gasteiger partial charge in [-0.3, -0.25) is 4.79 Å². The first-order chi connectivity index (χ1) is 13.7. The van der Waals surface area contributed by atoms with E-state index >= 15 is 0 Å². The molecule has 0 unspecified atom stereocenters. The molecule has 148 valence electrons. The molecule has 5 heterocycles. The Morgan fingerprint density at radius 1 is 1.07 bits per heavy atom. The lowest BCUT2D eigenvalue weighted by atomic mass is 10.0. The summed E-state index contributed by atoms with van der Waals surface area (Å²) < 4.78 is 16.7. The van der Waals surface area contributed by atoms with Crippen LogP contribution in [0.5, 0.6) is 0 Å². The maximum absolute atomic E-state index is 12.8. The first-order valence-electron chi connectivity index (χ1n) is 9.85. The quantitative estimate of drug-likeness (QED) is 0.788. The van der Waals surface area contributed by atoms with E-state index in [1.54, 1.807) is 11.1 Å². The van der Waals surface area contributed by atoms with Gasteiger partial charge >= 0.3 is 11.8 Å². The van der Waals surface area contributed by atoms with Gasteiger partial charge in [0, 0.05) is 50.8 Å². The van der Waals surface area contributed by atoms with Crippen molar-refractivity contribution < 1.29 is 18.8 Å². The number of rotatable bonds is 3. The number of nitrogens with zero attached hydrogens (tertiary/aromatic N) is 5. The standard InChI is InChI=1S/C19H23N5O4/c25-18(24-9-4-19(5-10-24)26-11-12-27-19)17-21-16(22-28-17)14-3-6-20-15(13-14)23-7-1-2-8-23/h3,6,13H,1-2,4-5,7-12H2. The molecule has 3 saturated heterocycles. The van der Waals surface area contributed by atoms with Gasteiger partial charge in [0.15, 0.2) is 5.79 Å². The number of carbonyl (C=O) groups excluding carboxylic acids is 1. The largest absolute Gasteiger partial charge is 0.357 e. The minimum Gasteiger partial charge on any atom is -0.357 e. The van der Waals surface area contributed by atoms with E-state index < -0.39 is 5.79 Å². The van der Waals surface area contributed by atoms with Crippen LogP contribution in [0.3, 0.4) is 0 Å². The maximum Gasteiger partial charge on any atom is 0.316 e. The van der Waals surface area contributed by atoms with Crippen molar-refractivity contribution in [3.05, 3.63) is 24.2 Å². The van der Waals surface area contributed by atoms with E-state index in [1.807, 2.05) is 12.1 Å². The minimum absolute atomic E-state index is 0.0127. The van der Waals surface area contributed by atoms with Gasteiger partial charge in [0.1, 0.15) is 5.82 Å². The summed E-state index contributed by atoms with van der Waals surface area (Å²) in [6, 6.07) is 3.78. The van der Waals surface area contributed by atoms with Crippen molar-refractivity contribution in [2.75, 3.05) is 44.3 Å². The van der Waals surface area contributed by atoms with Gasteiger partial charge in [0.25, 0.3) is 0 Å². The smallest absolute Gasteiger partial charge is 0.316 e. The predicted molar refractivity (Wildman–Crippen MR) is 98.7 cm³/mol. The van der Waals surface area contributed by atoms with Crippen LogP contribution in [0.25, 0.3) is 11.4 Å². The summed E-state index contributed by atoms with van der Waals surface area (Å²) in [5.41, 5.74) is 0.796. The highest BCUT2D eigenvalue weighted by atomic mass is 16.7. The van der Waals surface area contributed by atoms with Gasteiger partial charge in [-0.2, -0.15) is 4.98 Å². The average Bonchev–Trinajstić information content (AvgIpc) is 3.50. The molecule has 3 aliphatic rings. The normalized spacial score (nSPS) is 21.6. The summed E-state index contributed by atoms with van der Waals surface area (Å²) in [5.74, 6) is 0.562. The SMILES string of the molecule is O=C(c1nc(-c2ccnc(N3CCCC3)c2)no1)N1CCC2(CC1)OCCO2. The fraction of sp³-hybridized carbons (Fsp3) is 0.579. The fourth-order valence-corrected chi connectivity index (χ4v) is 4.08. The van der Waals surface area contributed by atoms with Crippen molar-refractivity contribution in [1.82, 2.24) is 20.0 Å². The fourth-order valence-electron chi connectivity index (χ4n) is 4.08. The Balaban J connectivity index is 1.28. The minimum atomic E-state index is -0.514. The second-order valence-electron chi connectivity index (χ2n) is 7.42. The lowest BCUT2D eigenvalue weighted by molar-refractivity contribution is -0.181. The summed E-state index contributed by atoms with van der Waals surface area (Å²) in [6.45, 7) is 4.35. The molecule has 1 spiro atoms. The zero-order chi connectivity index (χ0) is 19.0. The zero-order valence-electron chi connectivity index (χ0n) is 15.7. The molecular weight excluding hydrogens is 362 g/mol. The number of pyridine rings is 1. The van der Waals surface area contributed by atoms with Crippen LogP contribution in [0.4, 0.5) is 5.82 Å². The van der Waals surface area contributed by atoms with Crippen LogP contribution in [0.1, 0.15) is 36.4 Å². The average molecular weight is 385 g/mol. The van der Waals surface area contributed by atoms with E-state index in [4.69, 9.17) is 14.0 Å². The molecule has 9 nitrogen and oxygen atoms in total. The van der Waals surface area contributed by atoms with E-state index in [9.17, 15) is 4.79 Å². The molecule has 0 bridgehead atoms. The van der Waals surface area contributed by atoms with Crippen LogP contribution in [0.2, 0.25) is 0 Å². The third-order valence-corrected chi connectivity index (χ3v) is 5.67. The Hall–Kier alpha value is -2.52. The molecular formula is C19H23N5O4. The first kappa shape index (κ1) is 17.6. The highest BCUT2D eigenvalue weighted by Crippen LogP contribution is 2.32. The van der Waals surface area contributed by atoms with E-state index in [-0.39, 0.29) is 11.8 Å². The third kappa shape index (κ3) is 3.24. The highest BCUT2D eigenvalue weighted by molar-refractivity contribution is 5.90. The van der Waals surface area contributed by atoms with Crippen molar-refractivity contribution in [3.8, 4) is 11.4 Å². The topological polar surface area (TPSA) is 93.8 Å². The molecule has 2 aromatic heterocycles. The molecule has 3 fully saturated rings. The summed E-state index contributed by atoms with van der Waals surface area (Å²) in [7, 11) is 0. The van der Waals surface area contributed by atoms with Crippen molar-refractivity contribution in [2.24, 2.45) is 0 Å². The van der Waals surface area contributed by atoms with E-state index in [0.29, 0.717) is 45.0 Å². The van der Waals surface area contributed by atoms with Crippen molar-refractivity contribution in [1.29, 1.82) is 0 Å². The highest BCUT2D eigenvalue weighted by Gasteiger charge is 2.41. The van der Waals surface area contributed by atoms with Crippen LogP contribution in [0, 0.1) is 0 Å². The van der Waals surface area contributed by atoms with Crippen molar-refractivity contribution >= 4 is 11.7 Å². The molecule has 2 aromatic rings. The molecule has 0 aliphatic carbocycles. The van der Waals surface area contributed by atoms with Gasteiger partial charge in [-0.15, -0.1) is 0 Å². The number of hydrogen-bond acceptors (Lipinski definition) is 8. The molecule has 0 N–H and O–H groups in total. The number of aromatic nitrogens is 3. The number of hydrogen-bond donors (Lipinski definition) is 0.